The summed E-state index contributed by atoms with van der Waals surface area (Å²) in [6, 6.07) is 14.9. The van der Waals surface area contributed by atoms with E-state index in [1.807, 2.05) is 48.0 Å². The van der Waals surface area contributed by atoms with Crippen LogP contribution in [0, 0.1) is 12.7 Å². The molecule has 0 bridgehead atoms. The quantitative estimate of drug-likeness (QED) is 0.514. The molecule has 0 saturated carbocycles. The number of aromatic nitrogens is 2. The van der Waals surface area contributed by atoms with E-state index in [1.54, 1.807) is 6.07 Å². The van der Waals surface area contributed by atoms with Gasteiger partial charge >= 0.3 is 0 Å². The number of rotatable bonds is 6. The molecule has 0 aliphatic rings. The summed E-state index contributed by atoms with van der Waals surface area (Å²) in [5.74, 6) is 0.206. The first-order chi connectivity index (χ1) is 14.5. The number of fused-ring (bicyclic) bond motifs is 1. The highest BCUT2D eigenvalue weighted by Crippen LogP contribution is 2.30. The molecule has 1 amide bonds. The van der Waals surface area contributed by atoms with Crippen molar-refractivity contribution in [3.63, 3.8) is 0 Å². The first kappa shape index (κ1) is 19.4. The molecule has 152 valence electrons. The monoisotopic (exact) mass is 405 g/mol. The van der Waals surface area contributed by atoms with E-state index in [0.717, 1.165) is 22.5 Å². The van der Waals surface area contributed by atoms with Gasteiger partial charge in [-0.1, -0.05) is 6.07 Å². The summed E-state index contributed by atoms with van der Waals surface area (Å²) in [4.78, 5) is 17.1. The van der Waals surface area contributed by atoms with E-state index in [9.17, 15) is 9.18 Å². The predicted octanol–water partition coefficient (Wildman–Crippen LogP) is 4.47. The molecule has 0 radical (unpaired) electrons. The average molecular weight is 405 g/mol. The molecule has 30 heavy (non-hydrogen) atoms. The Bertz CT molecular complexity index is 1200. The van der Waals surface area contributed by atoms with Crippen LogP contribution in [0.15, 0.2) is 67.0 Å². The molecule has 0 unspecified atom stereocenters. The van der Waals surface area contributed by atoms with Gasteiger partial charge in [-0.3, -0.25) is 4.79 Å². The van der Waals surface area contributed by atoms with Gasteiger partial charge < -0.3 is 19.2 Å². The van der Waals surface area contributed by atoms with E-state index >= 15 is 0 Å². The molecular weight excluding hydrogens is 385 g/mol. The van der Waals surface area contributed by atoms with Crippen molar-refractivity contribution in [3.05, 3.63) is 78.4 Å². The van der Waals surface area contributed by atoms with Gasteiger partial charge in [0, 0.05) is 18.0 Å². The third kappa shape index (κ3) is 4.10. The lowest BCUT2D eigenvalue weighted by Gasteiger charge is -2.12. The molecular formula is C23H20FN3O3. The molecule has 2 aromatic carbocycles. The number of anilines is 1. The minimum absolute atomic E-state index is 0.216. The second kappa shape index (κ2) is 8.24. The first-order valence-corrected chi connectivity index (χ1v) is 9.34. The number of carbonyl (C=O) groups is 1. The van der Waals surface area contributed by atoms with Crippen LogP contribution in [-0.2, 0) is 4.79 Å². The molecule has 0 aliphatic heterocycles. The molecule has 6 nitrogen and oxygen atoms in total. The largest absolute Gasteiger partial charge is 0.495 e. The number of hydrogen-bond donors (Lipinski definition) is 1. The molecule has 2 heterocycles. The van der Waals surface area contributed by atoms with Crippen LogP contribution in [-0.4, -0.2) is 29.0 Å². The van der Waals surface area contributed by atoms with E-state index in [0.29, 0.717) is 17.2 Å². The first-order valence-electron chi connectivity index (χ1n) is 9.34. The van der Waals surface area contributed by atoms with Gasteiger partial charge in [-0.25, -0.2) is 9.37 Å². The van der Waals surface area contributed by atoms with Crippen molar-refractivity contribution in [1.29, 1.82) is 0 Å². The normalized spacial score (nSPS) is 10.8. The minimum Gasteiger partial charge on any atom is -0.495 e. The second-order valence-corrected chi connectivity index (χ2v) is 6.75. The molecule has 0 aliphatic carbocycles. The number of benzene rings is 2. The second-order valence-electron chi connectivity index (χ2n) is 6.75. The topological polar surface area (TPSA) is 64.9 Å². The van der Waals surface area contributed by atoms with Gasteiger partial charge in [0.05, 0.1) is 18.5 Å². The number of pyridine rings is 1. The SMILES string of the molecule is COc1ccc(-c2cn3cccc(C)c3n2)cc1NC(=O)COc1ccc(F)cc1. The molecule has 0 fully saturated rings. The molecule has 4 rings (SSSR count). The Kier molecular flexibility index (Phi) is 5.34. The number of hydrogen-bond acceptors (Lipinski definition) is 4. The van der Waals surface area contributed by atoms with E-state index in [2.05, 4.69) is 5.32 Å². The Morgan fingerprint density at radius 2 is 1.97 bits per heavy atom. The third-order valence-electron chi connectivity index (χ3n) is 4.63. The van der Waals surface area contributed by atoms with Crippen LogP contribution in [0.3, 0.4) is 0 Å². The maximum atomic E-state index is 13.0. The number of nitrogens with zero attached hydrogens (tertiary/aromatic N) is 2. The van der Waals surface area contributed by atoms with Crippen molar-refractivity contribution < 1.29 is 18.7 Å². The van der Waals surface area contributed by atoms with Crippen molar-refractivity contribution in [2.24, 2.45) is 0 Å². The Morgan fingerprint density at radius 1 is 1.17 bits per heavy atom. The molecule has 0 atom stereocenters. The van der Waals surface area contributed by atoms with E-state index in [-0.39, 0.29) is 18.3 Å². The summed E-state index contributed by atoms with van der Waals surface area (Å²) >= 11 is 0. The molecule has 7 heteroatoms. The fraction of sp³-hybridized carbons (Fsp3) is 0.130. The summed E-state index contributed by atoms with van der Waals surface area (Å²) in [5, 5.41) is 2.80. The van der Waals surface area contributed by atoms with Gasteiger partial charge in [0.25, 0.3) is 5.91 Å². The number of aryl methyl sites for hydroxylation is 1. The number of methoxy groups -OCH3 is 1. The van der Waals surface area contributed by atoms with Crippen molar-refractivity contribution in [3.8, 4) is 22.8 Å². The lowest BCUT2D eigenvalue weighted by molar-refractivity contribution is -0.118. The number of carbonyl (C=O) groups excluding carboxylic acids is 1. The number of nitrogens with one attached hydrogen (secondary N) is 1. The van der Waals surface area contributed by atoms with Crippen molar-refractivity contribution in [2.45, 2.75) is 6.92 Å². The number of ether oxygens (including phenoxy) is 2. The zero-order valence-electron chi connectivity index (χ0n) is 16.6. The van der Waals surface area contributed by atoms with Crippen LogP contribution in [0.2, 0.25) is 0 Å². The number of amides is 1. The minimum atomic E-state index is -0.365. The lowest BCUT2D eigenvalue weighted by atomic mass is 10.1. The van der Waals surface area contributed by atoms with Gasteiger partial charge in [0.1, 0.15) is 23.0 Å². The van der Waals surface area contributed by atoms with Crippen LogP contribution in [0.4, 0.5) is 10.1 Å². The predicted molar refractivity (Wildman–Crippen MR) is 112 cm³/mol. The zero-order chi connectivity index (χ0) is 21.1. The van der Waals surface area contributed by atoms with Crippen molar-refractivity contribution in [2.75, 3.05) is 19.0 Å². The van der Waals surface area contributed by atoms with Gasteiger partial charge in [0.2, 0.25) is 0 Å². The maximum absolute atomic E-state index is 13.0. The van der Waals surface area contributed by atoms with Crippen LogP contribution < -0.4 is 14.8 Å². The molecule has 2 aromatic heterocycles. The Labute approximate surface area is 172 Å². The average Bonchev–Trinajstić information content (AvgIpc) is 3.19. The summed E-state index contributed by atoms with van der Waals surface area (Å²) in [5.41, 5.74) is 4.08. The molecule has 0 spiro atoms. The van der Waals surface area contributed by atoms with Gasteiger partial charge in [-0.15, -0.1) is 0 Å². The summed E-state index contributed by atoms with van der Waals surface area (Å²) in [6.45, 7) is 1.79. The Hall–Kier alpha value is -3.87. The lowest BCUT2D eigenvalue weighted by Crippen LogP contribution is -2.20. The molecule has 4 aromatic rings. The molecule has 1 N–H and O–H groups in total. The number of halogens is 1. The Balaban J connectivity index is 1.54. The maximum Gasteiger partial charge on any atom is 0.262 e. The number of imidazole rings is 1. The van der Waals surface area contributed by atoms with Crippen LogP contribution >= 0.6 is 0 Å². The fourth-order valence-corrected chi connectivity index (χ4v) is 3.12. The highest BCUT2D eigenvalue weighted by molar-refractivity contribution is 5.94. The fourth-order valence-electron chi connectivity index (χ4n) is 3.12. The van der Waals surface area contributed by atoms with E-state index < -0.39 is 0 Å². The molecule has 0 saturated heterocycles. The van der Waals surface area contributed by atoms with Gasteiger partial charge in [-0.2, -0.15) is 0 Å². The van der Waals surface area contributed by atoms with Gasteiger partial charge in [0.15, 0.2) is 6.61 Å². The van der Waals surface area contributed by atoms with Crippen LogP contribution in [0.5, 0.6) is 11.5 Å². The highest BCUT2D eigenvalue weighted by atomic mass is 19.1. The summed E-state index contributed by atoms with van der Waals surface area (Å²) in [7, 11) is 1.54. The van der Waals surface area contributed by atoms with Crippen LogP contribution in [0.25, 0.3) is 16.9 Å². The zero-order valence-corrected chi connectivity index (χ0v) is 16.6. The van der Waals surface area contributed by atoms with E-state index in [1.165, 1.54) is 31.4 Å². The van der Waals surface area contributed by atoms with Crippen molar-refractivity contribution in [1.82, 2.24) is 9.38 Å². The van der Waals surface area contributed by atoms with E-state index in [4.69, 9.17) is 14.5 Å². The summed E-state index contributed by atoms with van der Waals surface area (Å²) in [6.07, 6.45) is 3.88. The highest BCUT2D eigenvalue weighted by Gasteiger charge is 2.13. The smallest absolute Gasteiger partial charge is 0.262 e. The summed E-state index contributed by atoms with van der Waals surface area (Å²) < 4.78 is 25.7. The Morgan fingerprint density at radius 3 is 2.70 bits per heavy atom. The van der Waals surface area contributed by atoms with Crippen LogP contribution in [0.1, 0.15) is 5.56 Å². The standard InChI is InChI=1S/C23H20FN3O3/c1-15-4-3-11-27-13-20(26-23(15)27)16-5-10-21(29-2)19(12-16)25-22(28)14-30-18-8-6-17(24)7-9-18/h3-13H,14H2,1-2H3,(H,25,28). The van der Waals surface area contributed by atoms with Gasteiger partial charge in [-0.05, 0) is 61.0 Å². The third-order valence-corrected chi connectivity index (χ3v) is 4.63. The van der Waals surface area contributed by atoms with Crippen molar-refractivity contribution >= 4 is 17.2 Å².